The average Bonchev–Trinajstić information content (AvgIpc) is 2.60. The Morgan fingerprint density at radius 2 is 1.76 bits per heavy atom. The third kappa shape index (κ3) is 6.18. The summed E-state index contributed by atoms with van der Waals surface area (Å²) in [7, 11) is 0. The van der Waals surface area contributed by atoms with E-state index >= 15 is 0 Å². The van der Waals surface area contributed by atoms with Crippen molar-refractivity contribution >= 4 is 11.7 Å². The molecule has 0 fully saturated rings. The molecule has 2 rings (SSSR count). The second-order valence-electron chi connectivity index (χ2n) is 7.04. The number of hydrogen-bond acceptors (Lipinski definition) is 4. The van der Waals surface area contributed by atoms with Crippen molar-refractivity contribution < 1.29 is 4.79 Å². The van der Waals surface area contributed by atoms with Crippen molar-refractivity contribution in [2.24, 2.45) is 11.8 Å². The molecule has 1 heterocycles. The van der Waals surface area contributed by atoms with Gasteiger partial charge in [-0.1, -0.05) is 58.0 Å². The second kappa shape index (κ2) is 9.16. The highest BCUT2D eigenvalue weighted by Gasteiger charge is 2.13. The molecule has 0 saturated carbocycles. The summed E-state index contributed by atoms with van der Waals surface area (Å²) in [5, 5.41) is 6.24. The highest BCUT2D eigenvalue weighted by Crippen LogP contribution is 2.18. The Morgan fingerprint density at radius 3 is 2.40 bits per heavy atom. The first-order valence-corrected chi connectivity index (χ1v) is 8.92. The maximum absolute atomic E-state index is 12.5. The zero-order valence-electron chi connectivity index (χ0n) is 15.5. The largest absolute Gasteiger partial charge is 0.370 e. The van der Waals surface area contributed by atoms with E-state index in [0.29, 0.717) is 35.7 Å². The molecule has 0 atom stereocenters. The third-order valence-corrected chi connectivity index (χ3v) is 3.69. The number of carbonyl (C=O) groups is 1. The van der Waals surface area contributed by atoms with Crippen LogP contribution in [0.3, 0.4) is 0 Å². The van der Waals surface area contributed by atoms with Crippen LogP contribution in [0.1, 0.15) is 44.6 Å². The maximum atomic E-state index is 12.5. The maximum Gasteiger partial charge on any atom is 0.270 e. The van der Waals surface area contributed by atoms with Crippen LogP contribution in [0.5, 0.6) is 0 Å². The molecule has 5 nitrogen and oxygen atoms in total. The van der Waals surface area contributed by atoms with E-state index in [1.54, 1.807) is 6.07 Å². The summed E-state index contributed by atoms with van der Waals surface area (Å²) in [6.07, 6.45) is 0.945. The van der Waals surface area contributed by atoms with Gasteiger partial charge in [-0.2, -0.15) is 0 Å². The number of hydrogen-bond donors (Lipinski definition) is 2. The van der Waals surface area contributed by atoms with Crippen LogP contribution in [0.15, 0.2) is 36.4 Å². The molecule has 0 spiro atoms. The lowest BCUT2D eigenvalue weighted by atomic mass is 10.1. The van der Waals surface area contributed by atoms with Crippen LogP contribution in [0.4, 0.5) is 5.82 Å². The van der Waals surface area contributed by atoms with E-state index in [9.17, 15) is 4.79 Å². The molecule has 0 radical (unpaired) electrons. The fourth-order valence-corrected chi connectivity index (χ4v) is 2.24. The van der Waals surface area contributed by atoms with Crippen LogP contribution >= 0.6 is 0 Å². The average molecular weight is 340 g/mol. The van der Waals surface area contributed by atoms with Crippen molar-refractivity contribution in [3.63, 3.8) is 0 Å². The Balaban J connectivity index is 2.24. The number of nitrogens with one attached hydrogen (secondary N) is 2. The zero-order valence-corrected chi connectivity index (χ0v) is 15.5. The summed E-state index contributed by atoms with van der Waals surface area (Å²) in [5.74, 6) is 2.11. The smallest absolute Gasteiger partial charge is 0.270 e. The number of aromatic nitrogens is 2. The summed E-state index contributed by atoms with van der Waals surface area (Å²) in [6, 6.07) is 11.4. The molecule has 1 aromatic heterocycles. The van der Waals surface area contributed by atoms with E-state index in [1.807, 2.05) is 30.3 Å². The molecule has 25 heavy (non-hydrogen) atoms. The predicted molar refractivity (Wildman–Crippen MR) is 103 cm³/mol. The summed E-state index contributed by atoms with van der Waals surface area (Å²) >= 11 is 0. The van der Waals surface area contributed by atoms with Gasteiger partial charge in [0.2, 0.25) is 0 Å². The molecule has 5 heteroatoms. The van der Waals surface area contributed by atoms with Crippen LogP contribution in [-0.4, -0.2) is 29.0 Å². The molecular weight excluding hydrogens is 312 g/mol. The molecule has 0 aliphatic rings. The number of nitrogens with zero attached hydrogens (tertiary/aromatic N) is 2. The number of benzene rings is 1. The molecule has 1 amide bonds. The minimum absolute atomic E-state index is 0.159. The van der Waals surface area contributed by atoms with Gasteiger partial charge in [0.15, 0.2) is 5.82 Å². The molecule has 0 aliphatic heterocycles. The molecule has 1 aromatic carbocycles. The number of anilines is 1. The molecule has 2 aromatic rings. The standard InChI is InChI=1S/C20H28N4O/c1-14(2)10-11-21-20(25)17-12-18(22-13-15(3)4)24-19(23-17)16-8-6-5-7-9-16/h5-9,12,14-15H,10-11,13H2,1-4H3,(H,21,25)(H,22,23,24). The lowest BCUT2D eigenvalue weighted by Crippen LogP contribution is -2.26. The van der Waals surface area contributed by atoms with Gasteiger partial charge in [-0.05, 0) is 18.3 Å². The lowest BCUT2D eigenvalue weighted by molar-refractivity contribution is 0.0947. The Hall–Kier alpha value is -2.43. The first kappa shape index (κ1) is 18.9. The van der Waals surface area contributed by atoms with E-state index < -0.39 is 0 Å². The van der Waals surface area contributed by atoms with Gasteiger partial charge in [-0.3, -0.25) is 4.79 Å². The summed E-state index contributed by atoms with van der Waals surface area (Å²) < 4.78 is 0. The van der Waals surface area contributed by atoms with Crippen molar-refractivity contribution in [3.05, 3.63) is 42.1 Å². The van der Waals surface area contributed by atoms with Crippen molar-refractivity contribution in [3.8, 4) is 11.4 Å². The fraction of sp³-hybridized carbons (Fsp3) is 0.450. The lowest BCUT2D eigenvalue weighted by Gasteiger charge is -2.12. The Labute approximate surface area is 150 Å². The molecule has 0 unspecified atom stereocenters. The molecule has 2 N–H and O–H groups in total. The number of rotatable bonds is 8. The van der Waals surface area contributed by atoms with Crippen molar-refractivity contribution in [2.75, 3.05) is 18.4 Å². The predicted octanol–water partition coefficient (Wildman–Crippen LogP) is 3.99. The number of amides is 1. The third-order valence-electron chi connectivity index (χ3n) is 3.69. The van der Waals surface area contributed by atoms with Gasteiger partial charge >= 0.3 is 0 Å². The van der Waals surface area contributed by atoms with Gasteiger partial charge in [-0.15, -0.1) is 0 Å². The quantitative estimate of drug-likeness (QED) is 0.762. The van der Waals surface area contributed by atoms with Crippen molar-refractivity contribution in [1.29, 1.82) is 0 Å². The number of carbonyl (C=O) groups excluding carboxylic acids is 1. The van der Waals surface area contributed by atoms with Gasteiger partial charge in [0.05, 0.1) is 0 Å². The second-order valence-corrected chi connectivity index (χ2v) is 7.04. The fourth-order valence-electron chi connectivity index (χ4n) is 2.24. The van der Waals surface area contributed by atoms with Crippen molar-refractivity contribution in [1.82, 2.24) is 15.3 Å². The Morgan fingerprint density at radius 1 is 1.04 bits per heavy atom. The van der Waals surface area contributed by atoms with E-state index in [2.05, 4.69) is 48.3 Å². The molecule has 134 valence electrons. The van der Waals surface area contributed by atoms with Gasteiger partial charge in [0.25, 0.3) is 5.91 Å². The van der Waals surface area contributed by atoms with E-state index in [-0.39, 0.29) is 5.91 Å². The first-order chi connectivity index (χ1) is 12.0. The van der Waals surface area contributed by atoms with Crippen molar-refractivity contribution in [2.45, 2.75) is 34.1 Å². The van der Waals surface area contributed by atoms with Crippen LogP contribution in [0.2, 0.25) is 0 Å². The Bertz CT molecular complexity index is 683. The van der Waals surface area contributed by atoms with Gasteiger partial charge in [0.1, 0.15) is 11.5 Å². The molecule has 0 aliphatic carbocycles. The van der Waals surface area contributed by atoms with Gasteiger partial charge in [-0.25, -0.2) is 9.97 Å². The van der Waals surface area contributed by atoms with Gasteiger partial charge in [0, 0.05) is 24.7 Å². The molecule has 0 saturated heterocycles. The normalized spacial score (nSPS) is 11.0. The van der Waals surface area contributed by atoms with E-state index in [4.69, 9.17) is 0 Å². The first-order valence-electron chi connectivity index (χ1n) is 8.92. The van der Waals surface area contributed by atoms with E-state index in [1.165, 1.54) is 0 Å². The van der Waals surface area contributed by atoms with Gasteiger partial charge < -0.3 is 10.6 Å². The SMILES string of the molecule is CC(C)CCNC(=O)c1cc(NCC(C)C)nc(-c2ccccc2)n1. The molecular formula is C20H28N4O. The monoisotopic (exact) mass is 340 g/mol. The van der Waals surface area contributed by atoms with Crippen LogP contribution in [0.25, 0.3) is 11.4 Å². The zero-order chi connectivity index (χ0) is 18.2. The molecule has 0 bridgehead atoms. The highest BCUT2D eigenvalue weighted by molar-refractivity contribution is 5.93. The van der Waals surface area contributed by atoms with Crippen LogP contribution in [-0.2, 0) is 0 Å². The van der Waals surface area contributed by atoms with E-state index in [0.717, 1.165) is 18.5 Å². The van der Waals surface area contributed by atoms with Crippen LogP contribution in [0, 0.1) is 11.8 Å². The minimum Gasteiger partial charge on any atom is -0.370 e. The summed E-state index contributed by atoms with van der Waals surface area (Å²) in [6.45, 7) is 9.98. The topological polar surface area (TPSA) is 66.9 Å². The minimum atomic E-state index is -0.159. The summed E-state index contributed by atoms with van der Waals surface area (Å²) in [5.41, 5.74) is 1.29. The Kier molecular flexibility index (Phi) is 6.92. The van der Waals surface area contributed by atoms with Crippen LogP contribution < -0.4 is 10.6 Å². The summed E-state index contributed by atoms with van der Waals surface area (Å²) in [4.78, 5) is 21.5. The highest BCUT2D eigenvalue weighted by atomic mass is 16.1.